The highest BCUT2D eigenvalue weighted by atomic mass is 16.5. The lowest BCUT2D eigenvalue weighted by molar-refractivity contribution is 0.0366. The third-order valence-corrected chi connectivity index (χ3v) is 2.58. The molecule has 0 N–H and O–H groups in total. The summed E-state index contributed by atoms with van der Waals surface area (Å²) in [5, 5.41) is 0. The van der Waals surface area contributed by atoms with E-state index in [0.29, 0.717) is 12.2 Å². The summed E-state index contributed by atoms with van der Waals surface area (Å²) >= 11 is 0. The number of carbonyl (C=O) groups is 1. The van der Waals surface area contributed by atoms with E-state index in [2.05, 4.69) is 0 Å². The zero-order chi connectivity index (χ0) is 13.0. The number of esters is 1. The van der Waals surface area contributed by atoms with Crippen molar-refractivity contribution in [3.05, 3.63) is 59.9 Å². The van der Waals surface area contributed by atoms with Crippen molar-refractivity contribution in [2.45, 2.75) is 26.5 Å². The molecule has 18 heavy (non-hydrogen) atoms. The molecule has 3 nitrogen and oxygen atoms in total. The molecular formula is C15H17NO2. The maximum atomic E-state index is 11.9. The summed E-state index contributed by atoms with van der Waals surface area (Å²) in [4.78, 5) is 11.9. The second kappa shape index (κ2) is 5.54. The Hall–Kier alpha value is -2.03. The van der Waals surface area contributed by atoms with Crippen molar-refractivity contribution < 1.29 is 9.53 Å². The highest BCUT2D eigenvalue weighted by Crippen LogP contribution is 2.10. The van der Waals surface area contributed by atoms with Crippen LogP contribution in [-0.2, 0) is 11.3 Å². The van der Waals surface area contributed by atoms with Crippen molar-refractivity contribution in [3.8, 4) is 0 Å². The fourth-order valence-corrected chi connectivity index (χ4v) is 1.79. The first-order chi connectivity index (χ1) is 8.66. The molecule has 2 rings (SSSR count). The summed E-state index contributed by atoms with van der Waals surface area (Å²) in [7, 11) is 0. The molecule has 0 aliphatic heterocycles. The maximum Gasteiger partial charge on any atom is 0.355 e. The summed E-state index contributed by atoms with van der Waals surface area (Å²) in [6.07, 6.45) is 1.79. The molecule has 0 radical (unpaired) electrons. The lowest BCUT2D eigenvalue weighted by atomic mass is 10.2. The molecule has 0 amide bonds. The van der Waals surface area contributed by atoms with Gasteiger partial charge in [0.15, 0.2) is 0 Å². The van der Waals surface area contributed by atoms with E-state index < -0.39 is 0 Å². The van der Waals surface area contributed by atoms with Gasteiger partial charge in [-0.3, -0.25) is 0 Å². The van der Waals surface area contributed by atoms with Crippen LogP contribution < -0.4 is 0 Å². The Kier molecular flexibility index (Phi) is 3.82. The fraction of sp³-hybridized carbons (Fsp3) is 0.267. The van der Waals surface area contributed by atoms with E-state index >= 15 is 0 Å². The molecule has 3 heteroatoms. The van der Waals surface area contributed by atoms with E-state index in [1.54, 1.807) is 6.07 Å². The van der Waals surface area contributed by atoms with Crippen LogP contribution in [0.1, 0.15) is 29.9 Å². The zero-order valence-electron chi connectivity index (χ0n) is 10.7. The van der Waals surface area contributed by atoms with E-state index in [1.807, 2.05) is 61.0 Å². The largest absolute Gasteiger partial charge is 0.458 e. The summed E-state index contributed by atoms with van der Waals surface area (Å²) in [6.45, 7) is 4.38. The fourth-order valence-electron chi connectivity index (χ4n) is 1.79. The number of carbonyl (C=O) groups excluding carboxylic acids is 1. The van der Waals surface area contributed by atoms with Crippen molar-refractivity contribution in [2.24, 2.45) is 0 Å². The van der Waals surface area contributed by atoms with Gasteiger partial charge in [-0.05, 0) is 31.5 Å². The number of ether oxygens (including phenoxy) is 1. The molecule has 94 valence electrons. The third kappa shape index (κ3) is 3.00. The molecule has 0 aliphatic rings. The SMILES string of the molecule is CC(C)OC(=O)c1cccn1Cc1ccccc1. The van der Waals surface area contributed by atoms with Crippen LogP contribution in [0.3, 0.4) is 0 Å². The number of benzene rings is 1. The van der Waals surface area contributed by atoms with Crippen molar-refractivity contribution in [3.63, 3.8) is 0 Å². The molecule has 1 heterocycles. The van der Waals surface area contributed by atoms with E-state index in [9.17, 15) is 4.79 Å². The average Bonchev–Trinajstić information content (AvgIpc) is 2.77. The minimum atomic E-state index is -0.272. The highest BCUT2D eigenvalue weighted by molar-refractivity contribution is 5.87. The van der Waals surface area contributed by atoms with Gasteiger partial charge in [0.25, 0.3) is 0 Å². The minimum absolute atomic E-state index is 0.0995. The molecule has 0 unspecified atom stereocenters. The first-order valence-corrected chi connectivity index (χ1v) is 6.07. The summed E-state index contributed by atoms with van der Waals surface area (Å²) < 4.78 is 7.12. The Labute approximate surface area is 107 Å². The standard InChI is InChI=1S/C15H17NO2/c1-12(2)18-15(17)14-9-6-10-16(14)11-13-7-4-3-5-8-13/h3-10,12H,11H2,1-2H3. The van der Waals surface area contributed by atoms with Crippen molar-refractivity contribution in [2.75, 3.05) is 0 Å². The van der Waals surface area contributed by atoms with E-state index in [1.165, 1.54) is 0 Å². The molecule has 2 aromatic rings. The van der Waals surface area contributed by atoms with Crippen LogP contribution in [0.25, 0.3) is 0 Å². The molecule has 0 spiro atoms. The van der Waals surface area contributed by atoms with Crippen molar-refractivity contribution >= 4 is 5.97 Å². The van der Waals surface area contributed by atoms with Crippen LogP contribution in [0.2, 0.25) is 0 Å². The van der Waals surface area contributed by atoms with Gasteiger partial charge in [-0.15, -0.1) is 0 Å². The van der Waals surface area contributed by atoms with Gasteiger partial charge in [-0.2, -0.15) is 0 Å². The molecule has 1 aromatic heterocycles. The predicted octanol–water partition coefficient (Wildman–Crippen LogP) is 3.10. The summed E-state index contributed by atoms with van der Waals surface area (Å²) in [5.74, 6) is -0.272. The Morgan fingerprint density at radius 3 is 2.56 bits per heavy atom. The topological polar surface area (TPSA) is 31.2 Å². The zero-order valence-corrected chi connectivity index (χ0v) is 10.7. The first-order valence-electron chi connectivity index (χ1n) is 6.07. The summed E-state index contributed by atoms with van der Waals surface area (Å²) in [6, 6.07) is 13.7. The average molecular weight is 243 g/mol. The smallest absolute Gasteiger partial charge is 0.355 e. The van der Waals surface area contributed by atoms with Crippen LogP contribution in [0.15, 0.2) is 48.7 Å². The molecule has 0 bridgehead atoms. The van der Waals surface area contributed by atoms with Gasteiger partial charge in [-0.25, -0.2) is 4.79 Å². The molecule has 0 saturated heterocycles. The third-order valence-electron chi connectivity index (χ3n) is 2.58. The Morgan fingerprint density at radius 2 is 1.89 bits per heavy atom. The number of nitrogens with zero attached hydrogens (tertiary/aromatic N) is 1. The van der Waals surface area contributed by atoms with E-state index in [-0.39, 0.29) is 12.1 Å². The molecular weight excluding hydrogens is 226 g/mol. The molecule has 0 saturated carbocycles. The lowest BCUT2D eigenvalue weighted by Crippen LogP contribution is -2.16. The molecule has 0 aliphatic carbocycles. The van der Waals surface area contributed by atoms with Gasteiger partial charge in [0, 0.05) is 12.7 Å². The Morgan fingerprint density at radius 1 is 1.17 bits per heavy atom. The number of hydrogen-bond acceptors (Lipinski definition) is 2. The summed E-state index contributed by atoms with van der Waals surface area (Å²) in [5.41, 5.74) is 1.75. The number of aromatic nitrogens is 1. The highest BCUT2D eigenvalue weighted by Gasteiger charge is 2.13. The van der Waals surface area contributed by atoms with Crippen molar-refractivity contribution in [1.29, 1.82) is 0 Å². The van der Waals surface area contributed by atoms with E-state index in [0.717, 1.165) is 5.56 Å². The first kappa shape index (κ1) is 12.4. The second-order valence-electron chi connectivity index (χ2n) is 4.46. The number of rotatable bonds is 4. The van der Waals surface area contributed by atoms with Crippen LogP contribution in [0.5, 0.6) is 0 Å². The van der Waals surface area contributed by atoms with Gasteiger partial charge in [-0.1, -0.05) is 30.3 Å². The van der Waals surface area contributed by atoms with Crippen LogP contribution in [0.4, 0.5) is 0 Å². The quantitative estimate of drug-likeness (QED) is 0.773. The molecule has 1 aromatic carbocycles. The normalized spacial score (nSPS) is 10.6. The van der Waals surface area contributed by atoms with E-state index in [4.69, 9.17) is 4.74 Å². The van der Waals surface area contributed by atoms with Gasteiger partial charge in [0.05, 0.1) is 6.10 Å². The van der Waals surface area contributed by atoms with Gasteiger partial charge >= 0.3 is 5.97 Å². The van der Waals surface area contributed by atoms with Gasteiger partial charge in [0.1, 0.15) is 5.69 Å². The monoisotopic (exact) mass is 243 g/mol. The van der Waals surface area contributed by atoms with Gasteiger partial charge < -0.3 is 9.30 Å². The molecule has 0 atom stereocenters. The minimum Gasteiger partial charge on any atom is -0.458 e. The Balaban J connectivity index is 2.15. The van der Waals surface area contributed by atoms with Crippen LogP contribution >= 0.6 is 0 Å². The second-order valence-corrected chi connectivity index (χ2v) is 4.46. The predicted molar refractivity (Wildman–Crippen MR) is 70.5 cm³/mol. The van der Waals surface area contributed by atoms with Gasteiger partial charge in [0.2, 0.25) is 0 Å². The van der Waals surface area contributed by atoms with Crippen molar-refractivity contribution in [1.82, 2.24) is 4.57 Å². The molecule has 0 fully saturated rings. The maximum absolute atomic E-state index is 11.9. The Bertz CT molecular complexity index is 514. The van der Waals surface area contributed by atoms with Crippen LogP contribution in [0, 0.1) is 0 Å². The van der Waals surface area contributed by atoms with Crippen LogP contribution in [-0.4, -0.2) is 16.6 Å². The number of hydrogen-bond donors (Lipinski definition) is 0. The lowest BCUT2D eigenvalue weighted by Gasteiger charge is -2.11.